The summed E-state index contributed by atoms with van der Waals surface area (Å²) in [5.74, 6) is -0.196. The summed E-state index contributed by atoms with van der Waals surface area (Å²) in [7, 11) is -1.72. The van der Waals surface area contributed by atoms with Crippen LogP contribution in [0.25, 0.3) is 0 Å². The number of nitrogens with zero attached hydrogens (tertiary/aromatic N) is 2. The van der Waals surface area contributed by atoms with E-state index in [9.17, 15) is 13.2 Å². The Kier molecular flexibility index (Phi) is 6.92. The van der Waals surface area contributed by atoms with E-state index in [2.05, 4.69) is 5.32 Å². The van der Waals surface area contributed by atoms with Crippen molar-refractivity contribution in [2.24, 2.45) is 0 Å². The van der Waals surface area contributed by atoms with Crippen LogP contribution in [0, 0.1) is 6.92 Å². The molecule has 2 aromatic rings. The van der Waals surface area contributed by atoms with Crippen molar-refractivity contribution in [1.82, 2.24) is 4.31 Å². The molecular weight excluding hydrogens is 386 g/mol. The molecule has 156 valence electrons. The van der Waals surface area contributed by atoms with E-state index in [1.54, 1.807) is 29.4 Å². The summed E-state index contributed by atoms with van der Waals surface area (Å²) >= 11 is 0. The molecule has 1 aliphatic heterocycles. The van der Waals surface area contributed by atoms with Crippen molar-refractivity contribution >= 4 is 27.3 Å². The minimum atomic E-state index is -3.57. The van der Waals surface area contributed by atoms with E-state index in [0.717, 1.165) is 31.4 Å². The van der Waals surface area contributed by atoms with Gasteiger partial charge < -0.3 is 10.2 Å². The van der Waals surface area contributed by atoms with E-state index in [4.69, 9.17) is 0 Å². The summed E-state index contributed by atoms with van der Waals surface area (Å²) in [6.07, 6.45) is 3.91. The summed E-state index contributed by atoms with van der Waals surface area (Å²) in [6.45, 7) is 3.08. The SMILES string of the molecule is Cc1ccc(NC(=O)CN(C)c2ccccc2)cc1S(=O)(=O)N1CCCCCC1. The standard InChI is InChI=1S/C22H29N3O3S/c1-18-12-13-19(23-22(26)17-24(2)20-10-6-5-7-11-20)16-21(18)29(27,28)25-14-8-3-4-9-15-25/h5-7,10-13,16H,3-4,8-9,14-15,17H2,1-2H3,(H,23,26). The van der Waals surface area contributed by atoms with Gasteiger partial charge in [0.2, 0.25) is 15.9 Å². The maximum Gasteiger partial charge on any atom is 0.243 e. The fourth-order valence-electron chi connectivity index (χ4n) is 3.57. The molecule has 7 heteroatoms. The van der Waals surface area contributed by atoms with Gasteiger partial charge in [-0.15, -0.1) is 0 Å². The Labute approximate surface area is 173 Å². The van der Waals surface area contributed by atoms with Crippen LogP contribution < -0.4 is 10.2 Å². The molecule has 6 nitrogen and oxygen atoms in total. The molecule has 1 N–H and O–H groups in total. The van der Waals surface area contributed by atoms with E-state index in [-0.39, 0.29) is 17.3 Å². The van der Waals surface area contributed by atoms with Gasteiger partial charge in [0.25, 0.3) is 0 Å². The average molecular weight is 416 g/mol. The minimum Gasteiger partial charge on any atom is -0.365 e. The van der Waals surface area contributed by atoms with Gasteiger partial charge in [-0.3, -0.25) is 4.79 Å². The predicted octanol–water partition coefficient (Wildman–Crippen LogP) is 3.63. The van der Waals surface area contributed by atoms with Crippen LogP contribution in [0.2, 0.25) is 0 Å². The quantitative estimate of drug-likeness (QED) is 0.782. The van der Waals surface area contributed by atoms with Crippen molar-refractivity contribution in [3.05, 3.63) is 54.1 Å². The van der Waals surface area contributed by atoms with E-state index in [0.29, 0.717) is 24.3 Å². The van der Waals surface area contributed by atoms with Crippen LogP contribution in [-0.2, 0) is 14.8 Å². The third-order valence-corrected chi connectivity index (χ3v) is 7.27. The Morgan fingerprint density at radius 2 is 1.69 bits per heavy atom. The third-order valence-electron chi connectivity index (χ3n) is 5.23. The van der Waals surface area contributed by atoms with Crippen LogP contribution in [0.3, 0.4) is 0 Å². The molecule has 0 saturated carbocycles. The van der Waals surface area contributed by atoms with Crippen LogP contribution in [-0.4, -0.2) is 45.3 Å². The highest BCUT2D eigenvalue weighted by atomic mass is 32.2. The highest BCUT2D eigenvalue weighted by Gasteiger charge is 2.27. The Hall–Kier alpha value is -2.38. The molecule has 0 radical (unpaired) electrons. The second-order valence-electron chi connectivity index (χ2n) is 7.54. The fraction of sp³-hybridized carbons (Fsp3) is 0.409. The van der Waals surface area contributed by atoms with E-state index in [1.807, 2.05) is 42.3 Å². The Bertz CT molecular complexity index is 937. The predicted molar refractivity (Wildman–Crippen MR) is 117 cm³/mol. The van der Waals surface area contributed by atoms with Crippen molar-refractivity contribution in [3.63, 3.8) is 0 Å². The Morgan fingerprint density at radius 3 is 2.34 bits per heavy atom. The number of aryl methyl sites for hydroxylation is 1. The van der Waals surface area contributed by atoms with E-state index >= 15 is 0 Å². The molecule has 0 aliphatic carbocycles. The molecule has 0 aromatic heterocycles. The molecule has 1 saturated heterocycles. The van der Waals surface area contributed by atoms with Crippen molar-refractivity contribution in [1.29, 1.82) is 0 Å². The lowest BCUT2D eigenvalue weighted by atomic mass is 10.2. The van der Waals surface area contributed by atoms with E-state index < -0.39 is 10.0 Å². The van der Waals surface area contributed by atoms with Gasteiger partial charge in [-0.2, -0.15) is 4.31 Å². The topological polar surface area (TPSA) is 69.7 Å². The molecule has 2 aromatic carbocycles. The zero-order valence-corrected chi connectivity index (χ0v) is 17.9. The normalized spacial score (nSPS) is 15.5. The zero-order valence-electron chi connectivity index (χ0n) is 17.1. The molecule has 1 amide bonds. The highest BCUT2D eigenvalue weighted by Crippen LogP contribution is 2.26. The number of anilines is 2. The van der Waals surface area contributed by atoms with Crippen molar-refractivity contribution in [3.8, 4) is 0 Å². The number of hydrogen-bond donors (Lipinski definition) is 1. The Morgan fingerprint density at radius 1 is 1.03 bits per heavy atom. The van der Waals surface area contributed by atoms with Crippen LogP contribution >= 0.6 is 0 Å². The number of nitrogens with one attached hydrogen (secondary N) is 1. The summed E-state index contributed by atoms with van der Waals surface area (Å²) < 4.78 is 27.9. The maximum atomic E-state index is 13.2. The monoisotopic (exact) mass is 415 g/mol. The number of likely N-dealkylation sites (N-methyl/N-ethyl adjacent to an activating group) is 1. The van der Waals surface area contributed by atoms with Crippen LogP contribution in [0.4, 0.5) is 11.4 Å². The van der Waals surface area contributed by atoms with Gasteiger partial charge >= 0.3 is 0 Å². The van der Waals surface area contributed by atoms with Crippen LogP contribution in [0.15, 0.2) is 53.4 Å². The van der Waals surface area contributed by atoms with Gasteiger partial charge in [-0.1, -0.05) is 37.1 Å². The van der Waals surface area contributed by atoms with Crippen LogP contribution in [0.1, 0.15) is 31.2 Å². The highest BCUT2D eigenvalue weighted by molar-refractivity contribution is 7.89. The average Bonchev–Trinajstić information content (AvgIpc) is 3.00. The van der Waals surface area contributed by atoms with Gasteiger partial charge in [0, 0.05) is 31.5 Å². The third kappa shape index (κ3) is 5.36. The van der Waals surface area contributed by atoms with Crippen molar-refractivity contribution < 1.29 is 13.2 Å². The summed E-state index contributed by atoms with van der Waals surface area (Å²) in [6, 6.07) is 14.7. The molecule has 0 unspecified atom stereocenters. The number of benzene rings is 2. The first kappa shape index (κ1) is 21.3. The molecular formula is C22H29N3O3S. The molecule has 1 heterocycles. The van der Waals surface area contributed by atoms with Crippen LogP contribution in [0.5, 0.6) is 0 Å². The molecule has 0 spiro atoms. The molecule has 3 rings (SSSR count). The first-order valence-electron chi connectivity index (χ1n) is 10.0. The molecule has 1 fully saturated rings. The summed E-state index contributed by atoms with van der Waals surface area (Å²) in [5, 5.41) is 2.83. The minimum absolute atomic E-state index is 0.173. The van der Waals surface area contributed by atoms with Gasteiger partial charge in [0.15, 0.2) is 0 Å². The van der Waals surface area contributed by atoms with Crippen molar-refractivity contribution in [2.45, 2.75) is 37.5 Å². The first-order chi connectivity index (χ1) is 13.9. The number of hydrogen-bond acceptors (Lipinski definition) is 4. The maximum absolute atomic E-state index is 13.2. The van der Waals surface area contributed by atoms with Gasteiger partial charge in [0.1, 0.15) is 0 Å². The van der Waals surface area contributed by atoms with Crippen molar-refractivity contribution in [2.75, 3.05) is 36.9 Å². The lowest BCUT2D eigenvalue weighted by Crippen LogP contribution is -2.32. The number of sulfonamides is 1. The second-order valence-corrected chi connectivity index (χ2v) is 9.44. The van der Waals surface area contributed by atoms with Gasteiger partial charge in [0.05, 0.1) is 11.4 Å². The zero-order chi connectivity index (χ0) is 20.9. The fourth-order valence-corrected chi connectivity index (χ4v) is 5.33. The first-order valence-corrected chi connectivity index (χ1v) is 11.5. The summed E-state index contributed by atoms with van der Waals surface area (Å²) in [4.78, 5) is 14.6. The number of carbonyl (C=O) groups excluding carboxylic acids is 1. The lowest BCUT2D eigenvalue weighted by Gasteiger charge is -2.22. The molecule has 0 atom stereocenters. The number of rotatable bonds is 6. The molecule has 0 bridgehead atoms. The van der Waals surface area contributed by atoms with Gasteiger partial charge in [-0.25, -0.2) is 8.42 Å². The second kappa shape index (κ2) is 9.41. The van der Waals surface area contributed by atoms with E-state index in [1.165, 1.54) is 0 Å². The summed E-state index contributed by atoms with van der Waals surface area (Å²) in [5.41, 5.74) is 2.13. The smallest absolute Gasteiger partial charge is 0.243 e. The largest absolute Gasteiger partial charge is 0.365 e. The molecule has 1 aliphatic rings. The molecule has 29 heavy (non-hydrogen) atoms. The number of amides is 1. The number of carbonyl (C=O) groups is 1. The number of para-hydroxylation sites is 1. The van der Waals surface area contributed by atoms with Gasteiger partial charge in [-0.05, 0) is 49.6 Å². The lowest BCUT2D eigenvalue weighted by molar-refractivity contribution is -0.114. The Balaban J connectivity index is 1.73.